The van der Waals surface area contributed by atoms with Crippen LogP contribution >= 0.6 is 0 Å². The first-order chi connectivity index (χ1) is 8.04. The Labute approximate surface area is 98.7 Å². The molecule has 17 heavy (non-hydrogen) atoms. The van der Waals surface area contributed by atoms with Crippen molar-refractivity contribution in [3.05, 3.63) is 35.4 Å². The lowest BCUT2D eigenvalue weighted by Gasteiger charge is -2.20. The van der Waals surface area contributed by atoms with Gasteiger partial charge >= 0.3 is 0 Å². The second-order valence-electron chi connectivity index (χ2n) is 3.89. The zero-order valence-corrected chi connectivity index (χ0v) is 9.40. The summed E-state index contributed by atoms with van der Waals surface area (Å²) in [4.78, 5) is 11.7. The van der Waals surface area contributed by atoms with E-state index in [9.17, 15) is 9.18 Å². The van der Waals surface area contributed by atoms with Crippen LogP contribution in [0.25, 0.3) is 0 Å². The van der Waals surface area contributed by atoms with Crippen molar-refractivity contribution in [3.63, 3.8) is 0 Å². The van der Waals surface area contributed by atoms with Gasteiger partial charge in [0.1, 0.15) is 12.2 Å². The SMILES string of the molecule is CC(C#N)(CO)NC(=O)c1ccc(CF)cc1. The topological polar surface area (TPSA) is 73.1 Å². The summed E-state index contributed by atoms with van der Waals surface area (Å²) in [5, 5.41) is 20.2. The van der Waals surface area contributed by atoms with Gasteiger partial charge in [-0.2, -0.15) is 5.26 Å². The minimum Gasteiger partial charge on any atom is -0.393 e. The predicted octanol–water partition coefficient (Wildman–Crippen LogP) is 1.16. The number of halogens is 1. The van der Waals surface area contributed by atoms with Gasteiger partial charge in [-0.3, -0.25) is 4.79 Å². The van der Waals surface area contributed by atoms with Gasteiger partial charge in [-0.15, -0.1) is 0 Å². The van der Waals surface area contributed by atoms with E-state index in [4.69, 9.17) is 10.4 Å². The van der Waals surface area contributed by atoms with Crippen LogP contribution in [0.3, 0.4) is 0 Å². The van der Waals surface area contributed by atoms with Crippen molar-refractivity contribution in [1.29, 1.82) is 5.26 Å². The number of hydrogen-bond acceptors (Lipinski definition) is 3. The van der Waals surface area contributed by atoms with Crippen molar-refractivity contribution in [3.8, 4) is 6.07 Å². The highest BCUT2D eigenvalue weighted by atomic mass is 19.1. The largest absolute Gasteiger partial charge is 0.393 e. The molecule has 90 valence electrons. The molecule has 0 aliphatic heterocycles. The Kier molecular flexibility index (Phi) is 4.18. The lowest BCUT2D eigenvalue weighted by Crippen LogP contribution is -2.47. The van der Waals surface area contributed by atoms with Crippen LogP contribution in [0.15, 0.2) is 24.3 Å². The molecule has 0 radical (unpaired) electrons. The van der Waals surface area contributed by atoms with E-state index in [0.717, 1.165) is 0 Å². The van der Waals surface area contributed by atoms with Crippen LogP contribution < -0.4 is 5.32 Å². The molecule has 1 aromatic rings. The summed E-state index contributed by atoms with van der Waals surface area (Å²) in [6, 6.07) is 7.75. The van der Waals surface area contributed by atoms with Gasteiger partial charge < -0.3 is 10.4 Å². The van der Waals surface area contributed by atoms with Gasteiger partial charge in [-0.1, -0.05) is 12.1 Å². The average molecular weight is 236 g/mol. The Morgan fingerprint density at radius 3 is 2.53 bits per heavy atom. The molecule has 0 spiro atoms. The van der Waals surface area contributed by atoms with Crippen LogP contribution in [-0.2, 0) is 6.67 Å². The molecule has 0 bridgehead atoms. The maximum Gasteiger partial charge on any atom is 0.252 e. The normalized spacial score (nSPS) is 13.5. The van der Waals surface area contributed by atoms with E-state index in [1.807, 2.05) is 6.07 Å². The molecule has 0 aromatic heterocycles. The highest BCUT2D eigenvalue weighted by Crippen LogP contribution is 2.08. The second kappa shape index (κ2) is 5.41. The van der Waals surface area contributed by atoms with E-state index in [2.05, 4.69) is 5.32 Å². The summed E-state index contributed by atoms with van der Waals surface area (Å²) in [6.45, 7) is 0.354. The van der Waals surface area contributed by atoms with Crippen LogP contribution in [0.1, 0.15) is 22.8 Å². The number of nitrogens with zero attached hydrogens (tertiary/aromatic N) is 1. The van der Waals surface area contributed by atoms with Gasteiger partial charge in [0, 0.05) is 5.56 Å². The van der Waals surface area contributed by atoms with E-state index < -0.39 is 24.7 Å². The molecule has 0 heterocycles. The molecule has 0 aliphatic rings. The van der Waals surface area contributed by atoms with E-state index in [-0.39, 0.29) is 0 Å². The molecule has 0 fully saturated rings. The molecular weight excluding hydrogens is 223 g/mol. The summed E-state index contributed by atoms with van der Waals surface area (Å²) in [6.07, 6.45) is 0. The van der Waals surface area contributed by atoms with E-state index in [0.29, 0.717) is 11.1 Å². The van der Waals surface area contributed by atoms with Gasteiger partial charge in [0.25, 0.3) is 5.91 Å². The number of nitrogens with one attached hydrogen (secondary N) is 1. The quantitative estimate of drug-likeness (QED) is 0.823. The first-order valence-electron chi connectivity index (χ1n) is 5.04. The Hall–Kier alpha value is -1.93. The standard InChI is InChI=1S/C12H13FN2O2/c1-12(7-14,8-16)15-11(17)10-4-2-9(6-13)3-5-10/h2-5,16H,6,8H2,1H3,(H,15,17). The minimum absolute atomic E-state index is 0.317. The zero-order chi connectivity index (χ0) is 12.9. The Balaban J connectivity index is 2.80. The van der Waals surface area contributed by atoms with Crippen molar-refractivity contribution < 1.29 is 14.3 Å². The van der Waals surface area contributed by atoms with Crippen LogP contribution in [0.5, 0.6) is 0 Å². The molecule has 1 rings (SSSR count). The number of alkyl halides is 1. The van der Waals surface area contributed by atoms with Gasteiger partial charge in [0.05, 0.1) is 12.7 Å². The number of carbonyl (C=O) groups excluding carboxylic acids is 1. The number of aliphatic hydroxyl groups excluding tert-OH is 1. The Morgan fingerprint density at radius 2 is 2.12 bits per heavy atom. The molecule has 4 nitrogen and oxygen atoms in total. The number of rotatable bonds is 4. The smallest absolute Gasteiger partial charge is 0.252 e. The fraction of sp³-hybridized carbons (Fsp3) is 0.333. The Morgan fingerprint density at radius 1 is 1.53 bits per heavy atom. The lowest BCUT2D eigenvalue weighted by molar-refractivity contribution is 0.0893. The molecule has 0 saturated carbocycles. The van der Waals surface area contributed by atoms with Crippen molar-refractivity contribution in [2.75, 3.05) is 6.61 Å². The van der Waals surface area contributed by atoms with Gasteiger partial charge in [0.2, 0.25) is 0 Å². The van der Waals surface area contributed by atoms with Crippen molar-refractivity contribution in [1.82, 2.24) is 5.32 Å². The van der Waals surface area contributed by atoms with Crippen molar-refractivity contribution in [2.45, 2.75) is 19.1 Å². The maximum absolute atomic E-state index is 12.3. The minimum atomic E-state index is -1.31. The predicted molar refractivity (Wildman–Crippen MR) is 59.8 cm³/mol. The monoisotopic (exact) mass is 236 g/mol. The molecule has 5 heteroatoms. The van der Waals surface area contributed by atoms with Gasteiger partial charge in [-0.05, 0) is 24.6 Å². The highest BCUT2D eigenvalue weighted by molar-refractivity contribution is 5.94. The van der Waals surface area contributed by atoms with E-state index in [1.54, 1.807) is 0 Å². The average Bonchev–Trinajstić information content (AvgIpc) is 2.38. The number of carbonyl (C=O) groups is 1. The summed E-state index contributed by atoms with van der Waals surface area (Å²) in [7, 11) is 0. The molecule has 1 unspecified atom stereocenters. The summed E-state index contributed by atoms with van der Waals surface area (Å²) in [5.74, 6) is -0.478. The first-order valence-corrected chi connectivity index (χ1v) is 5.04. The van der Waals surface area contributed by atoms with Gasteiger partial charge in [0.15, 0.2) is 0 Å². The second-order valence-corrected chi connectivity index (χ2v) is 3.89. The Bertz CT molecular complexity index is 439. The number of amides is 1. The maximum atomic E-state index is 12.3. The number of hydrogen-bond donors (Lipinski definition) is 2. The van der Waals surface area contributed by atoms with Crippen LogP contribution in [0.4, 0.5) is 4.39 Å². The zero-order valence-electron chi connectivity index (χ0n) is 9.40. The van der Waals surface area contributed by atoms with Crippen molar-refractivity contribution >= 4 is 5.91 Å². The van der Waals surface area contributed by atoms with Crippen LogP contribution in [-0.4, -0.2) is 23.2 Å². The fourth-order valence-corrected chi connectivity index (χ4v) is 1.17. The number of benzene rings is 1. The van der Waals surface area contributed by atoms with Crippen molar-refractivity contribution in [2.24, 2.45) is 0 Å². The number of aliphatic hydroxyl groups is 1. The molecular formula is C12H13FN2O2. The lowest BCUT2D eigenvalue weighted by atomic mass is 10.0. The molecule has 1 aromatic carbocycles. The van der Waals surface area contributed by atoms with E-state index >= 15 is 0 Å². The van der Waals surface area contributed by atoms with Crippen LogP contribution in [0, 0.1) is 11.3 Å². The fourth-order valence-electron chi connectivity index (χ4n) is 1.17. The molecule has 0 saturated heterocycles. The highest BCUT2D eigenvalue weighted by Gasteiger charge is 2.25. The molecule has 0 aliphatic carbocycles. The third kappa shape index (κ3) is 3.26. The molecule has 2 N–H and O–H groups in total. The van der Waals surface area contributed by atoms with Gasteiger partial charge in [-0.25, -0.2) is 4.39 Å². The molecule has 1 amide bonds. The summed E-state index contributed by atoms with van der Waals surface area (Å²) in [5.41, 5.74) is -0.514. The molecule has 1 atom stereocenters. The summed E-state index contributed by atoms with van der Waals surface area (Å²) < 4.78 is 12.3. The number of nitriles is 1. The summed E-state index contributed by atoms with van der Waals surface area (Å²) >= 11 is 0. The third-order valence-corrected chi connectivity index (χ3v) is 2.32. The van der Waals surface area contributed by atoms with Crippen LogP contribution in [0.2, 0.25) is 0 Å². The van der Waals surface area contributed by atoms with E-state index in [1.165, 1.54) is 31.2 Å². The first kappa shape index (κ1) is 13.1. The third-order valence-electron chi connectivity index (χ3n) is 2.32.